The van der Waals surface area contributed by atoms with Crippen molar-refractivity contribution in [2.75, 3.05) is 19.0 Å². The fraction of sp³-hybridized carbons (Fsp3) is 0.471. The molecule has 10 heteroatoms. The molecule has 1 saturated heterocycles. The highest BCUT2D eigenvalue weighted by Crippen LogP contribution is 2.42. The third-order valence-electron chi connectivity index (χ3n) is 4.77. The average molecular weight is 409 g/mol. The van der Waals surface area contributed by atoms with E-state index in [9.17, 15) is 13.2 Å². The van der Waals surface area contributed by atoms with Gasteiger partial charge >= 0.3 is 0 Å². The predicted molar refractivity (Wildman–Crippen MR) is 100 cm³/mol. The van der Waals surface area contributed by atoms with Crippen molar-refractivity contribution in [3.8, 4) is 5.75 Å². The highest BCUT2D eigenvalue weighted by molar-refractivity contribution is 7.89. The Hall–Kier alpha value is -2.04. The van der Waals surface area contributed by atoms with E-state index in [1.54, 1.807) is 12.1 Å². The maximum Gasteiger partial charge on any atom is 0.244 e. The van der Waals surface area contributed by atoms with Gasteiger partial charge in [0.1, 0.15) is 16.8 Å². The molecule has 1 aliphatic heterocycles. The molecule has 1 amide bonds. The van der Waals surface area contributed by atoms with Gasteiger partial charge in [0, 0.05) is 12.5 Å². The number of carbonyl (C=O) groups is 1. The smallest absolute Gasteiger partial charge is 0.244 e. The second-order valence-corrected chi connectivity index (χ2v) is 9.56. The van der Waals surface area contributed by atoms with Crippen LogP contribution in [0.3, 0.4) is 0 Å². The van der Waals surface area contributed by atoms with E-state index in [1.807, 2.05) is 0 Å². The Balaban J connectivity index is 1.50. The van der Waals surface area contributed by atoms with E-state index in [-0.39, 0.29) is 10.8 Å². The molecular formula is C17H20N4O4S2. The number of nitrogens with zero attached hydrogens (tertiary/aromatic N) is 3. The topological polar surface area (TPSA) is 101 Å². The van der Waals surface area contributed by atoms with Crippen molar-refractivity contribution >= 4 is 32.4 Å². The van der Waals surface area contributed by atoms with E-state index in [0.717, 1.165) is 17.8 Å². The van der Waals surface area contributed by atoms with Gasteiger partial charge in [-0.3, -0.25) is 10.1 Å². The SMILES string of the molecule is COc1ccc(S(=O)(=O)N2CCCC2C(=O)Nc2nnc(C3CC3)s2)cc1. The first kappa shape index (κ1) is 18.3. The summed E-state index contributed by atoms with van der Waals surface area (Å²) in [6, 6.07) is 5.44. The van der Waals surface area contributed by atoms with Crippen molar-refractivity contribution in [3.63, 3.8) is 0 Å². The average Bonchev–Trinajstić information content (AvgIpc) is 3.20. The number of nitrogens with one attached hydrogen (secondary N) is 1. The maximum atomic E-state index is 13.0. The lowest BCUT2D eigenvalue weighted by Gasteiger charge is -2.23. The highest BCUT2D eigenvalue weighted by atomic mass is 32.2. The van der Waals surface area contributed by atoms with Crippen molar-refractivity contribution in [2.45, 2.75) is 42.5 Å². The van der Waals surface area contributed by atoms with Crippen LogP contribution in [0.4, 0.5) is 5.13 Å². The summed E-state index contributed by atoms with van der Waals surface area (Å²) >= 11 is 1.36. The third kappa shape index (κ3) is 3.69. The first-order valence-corrected chi connectivity index (χ1v) is 11.0. The Kier molecular flexibility index (Phi) is 4.87. The van der Waals surface area contributed by atoms with Crippen LogP contribution in [0.25, 0.3) is 0 Å². The van der Waals surface area contributed by atoms with Crippen molar-refractivity contribution in [2.24, 2.45) is 0 Å². The van der Waals surface area contributed by atoms with Gasteiger partial charge in [-0.1, -0.05) is 11.3 Å². The van der Waals surface area contributed by atoms with Gasteiger partial charge in [0.05, 0.1) is 12.0 Å². The van der Waals surface area contributed by atoms with Gasteiger partial charge in [-0.15, -0.1) is 10.2 Å². The summed E-state index contributed by atoms with van der Waals surface area (Å²) in [5, 5.41) is 12.2. The summed E-state index contributed by atoms with van der Waals surface area (Å²) in [5.41, 5.74) is 0. The van der Waals surface area contributed by atoms with Gasteiger partial charge < -0.3 is 4.74 Å². The minimum absolute atomic E-state index is 0.148. The number of methoxy groups -OCH3 is 1. The molecule has 1 aromatic heterocycles. The Morgan fingerprint density at radius 3 is 2.63 bits per heavy atom. The minimum atomic E-state index is -3.76. The summed E-state index contributed by atoms with van der Waals surface area (Å²) in [7, 11) is -2.24. The van der Waals surface area contributed by atoms with Gasteiger partial charge in [0.2, 0.25) is 21.1 Å². The van der Waals surface area contributed by atoms with Crippen LogP contribution in [0.2, 0.25) is 0 Å². The molecule has 4 rings (SSSR count). The quantitative estimate of drug-likeness (QED) is 0.786. The standard InChI is InChI=1S/C17H20N4O4S2/c1-25-12-6-8-13(9-7-12)27(23,24)21-10-2-3-14(21)15(22)18-17-20-19-16(26-17)11-4-5-11/h6-9,11,14H,2-5,10H2,1H3,(H,18,20,22). The Labute approximate surface area is 161 Å². The Morgan fingerprint density at radius 1 is 1.22 bits per heavy atom. The number of ether oxygens (including phenoxy) is 1. The summed E-state index contributed by atoms with van der Waals surface area (Å²) < 4.78 is 32.3. The molecule has 2 fully saturated rings. The zero-order chi connectivity index (χ0) is 19.0. The van der Waals surface area contributed by atoms with E-state index >= 15 is 0 Å². The van der Waals surface area contributed by atoms with E-state index in [0.29, 0.717) is 36.2 Å². The lowest BCUT2D eigenvalue weighted by molar-refractivity contribution is -0.119. The molecule has 144 valence electrons. The first-order valence-electron chi connectivity index (χ1n) is 8.79. The van der Waals surface area contributed by atoms with Gasteiger partial charge in [-0.25, -0.2) is 8.42 Å². The summed E-state index contributed by atoms with van der Waals surface area (Å²) in [5.74, 6) is 0.682. The molecule has 2 heterocycles. The van der Waals surface area contributed by atoms with Gasteiger partial charge in [-0.2, -0.15) is 4.31 Å². The molecule has 1 N–H and O–H groups in total. The monoisotopic (exact) mass is 408 g/mol. The highest BCUT2D eigenvalue weighted by Gasteiger charge is 2.40. The molecular weight excluding hydrogens is 388 g/mol. The number of rotatable bonds is 6. The Morgan fingerprint density at radius 2 is 1.96 bits per heavy atom. The fourth-order valence-electron chi connectivity index (χ4n) is 3.14. The molecule has 0 bridgehead atoms. The lowest BCUT2D eigenvalue weighted by Crippen LogP contribution is -2.43. The molecule has 1 atom stereocenters. The van der Waals surface area contributed by atoms with Gasteiger partial charge in [-0.05, 0) is 49.9 Å². The van der Waals surface area contributed by atoms with Crippen LogP contribution in [0.5, 0.6) is 5.75 Å². The number of anilines is 1. The zero-order valence-corrected chi connectivity index (χ0v) is 16.4. The van der Waals surface area contributed by atoms with E-state index in [2.05, 4.69) is 15.5 Å². The molecule has 1 aromatic carbocycles. The van der Waals surface area contributed by atoms with E-state index in [1.165, 1.54) is 34.9 Å². The van der Waals surface area contributed by atoms with Crippen LogP contribution in [0, 0.1) is 0 Å². The molecule has 8 nitrogen and oxygen atoms in total. The summed E-state index contributed by atoms with van der Waals surface area (Å²) in [4.78, 5) is 12.8. The summed E-state index contributed by atoms with van der Waals surface area (Å²) in [6.07, 6.45) is 3.34. The normalized spacial score (nSPS) is 20.6. The van der Waals surface area contributed by atoms with Crippen LogP contribution in [0.15, 0.2) is 29.2 Å². The van der Waals surface area contributed by atoms with Gasteiger partial charge in [0.25, 0.3) is 0 Å². The first-order chi connectivity index (χ1) is 13.0. The number of benzene rings is 1. The van der Waals surface area contributed by atoms with Crippen molar-refractivity contribution in [1.82, 2.24) is 14.5 Å². The molecule has 0 spiro atoms. The third-order valence-corrected chi connectivity index (χ3v) is 7.69. The van der Waals surface area contributed by atoms with E-state index in [4.69, 9.17) is 4.74 Å². The van der Waals surface area contributed by atoms with Crippen LogP contribution >= 0.6 is 11.3 Å². The molecule has 27 heavy (non-hydrogen) atoms. The minimum Gasteiger partial charge on any atom is -0.497 e. The Bertz CT molecular complexity index is 938. The molecule has 1 saturated carbocycles. The largest absolute Gasteiger partial charge is 0.497 e. The second-order valence-electron chi connectivity index (χ2n) is 6.66. The predicted octanol–water partition coefficient (Wildman–Crippen LogP) is 2.22. The fourth-order valence-corrected chi connectivity index (χ4v) is 5.71. The number of hydrogen-bond acceptors (Lipinski definition) is 7. The lowest BCUT2D eigenvalue weighted by atomic mass is 10.2. The van der Waals surface area contributed by atoms with Crippen LogP contribution < -0.4 is 10.1 Å². The molecule has 2 aromatic rings. The molecule has 0 radical (unpaired) electrons. The van der Waals surface area contributed by atoms with Crippen molar-refractivity contribution in [3.05, 3.63) is 29.3 Å². The number of carbonyl (C=O) groups excluding carboxylic acids is 1. The molecule has 2 aliphatic rings. The maximum absolute atomic E-state index is 13.0. The molecule has 1 unspecified atom stereocenters. The number of hydrogen-bond donors (Lipinski definition) is 1. The zero-order valence-electron chi connectivity index (χ0n) is 14.8. The number of aromatic nitrogens is 2. The van der Waals surface area contributed by atoms with Crippen LogP contribution in [-0.4, -0.2) is 48.5 Å². The van der Waals surface area contributed by atoms with E-state index < -0.39 is 16.1 Å². The van der Waals surface area contributed by atoms with Gasteiger partial charge in [0.15, 0.2) is 0 Å². The van der Waals surface area contributed by atoms with Crippen molar-refractivity contribution < 1.29 is 17.9 Å². The van der Waals surface area contributed by atoms with Crippen molar-refractivity contribution in [1.29, 1.82) is 0 Å². The number of amides is 1. The summed E-state index contributed by atoms with van der Waals surface area (Å²) in [6.45, 7) is 0.315. The second kappa shape index (κ2) is 7.17. The van der Waals surface area contributed by atoms with Crippen LogP contribution in [-0.2, 0) is 14.8 Å². The molecule has 1 aliphatic carbocycles. The number of sulfonamides is 1. The van der Waals surface area contributed by atoms with Crippen LogP contribution in [0.1, 0.15) is 36.6 Å².